The zero-order valence-corrected chi connectivity index (χ0v) is 10.4. The second-order valence-electron chi connectivity index (χ2n) is 4.70. The van der Waals surface area contributed by atoms with Crippen molar-refractivity contribution >= 4 is 11.7 Å². The van der Waals surface area contributed by atoms with Crippen molar-refractivity contribution in [2.45, 2.75) is 12.3 Å². The number of benzene rings is 1. The first-order valence-electron chi connectivity index (χ1n) is 6.17. The summed E-state index contributed by atoms with van der Waals surface area (Å²) in [6, 6.07) is 3.74. The van der Waals surface area contributed by atoms with E-state index in [1.165, 1.54) is 24.7 Å². The fourth-order valence-corrected chi connectivity index (χ4v) is 2.18. The van der Waals surface area contributed by atoms with Gasteiger partial charge in [-0.05, 0) is 30.0 Å². The molecule has 2 atom stereocenters. The van der Waals surface area contributed by atoms with Crippen LogP contribution < -0.4 is 5.32 Å². The summed E-state index contributed by atoms with van der Waals surface area (Å²) in [7, 11) is 0. The largest absolute Gasteiger partial charge is 0.309 e. The molecule has 2 aromatic rings. The van der Waals surface area contributed by atoms with Gasteiger partial charge in [0.15, 0.2) is 17.5 Å². The smallest absolute Gasteiger partial charge is 0.229 e. The molecule has 1 aromatic carbocycles. The van der Waals surface area contributed by atoms with Crippen LogP contribution in [-0.2, 0) is 4.79 Å². The van der Waals surface area contributed by atoms with Gasteiger partial charge in [-0.15, -0.1) is 0 Å². The fourth-order valence-electron chi connectivity index (χ4n) is 2.18. The zero-order chi connectivity index (χ0) is 14.1. The van der Waals surface area contributed by atoms with Crippen LogP contribution in [0.2, 0.25) is 0 Å². The number of carbonyl (C=O) groups excluding carboxylic acids is 1. The SMILES string of the molecule is O=C(Nc1cnccn1)[C@H]1C[C@@H]1c1ccc(F)c(F)c1. The van der Waals surface area contributed by atoms with E-state index in [1.54, 1.807) is 0 Å². The Balaban J connectivity index is 1.66. The molecule has 1 N–H and O–H groups in total. The van der Waals surface area contributed by atoms with Crippen LogP contribution in [0.5, 0.6) is 0 Å². The Morgan fingerprint density at radius 3 is 2.80 bits per heavy atom. The van der Waals surface area contributed by atoms with Crippen LogP contribution in [0, 0.1) is 17.6 Å². The van der Waals surface area contributed by atoms with Gasteiger partial charge in [0.05, 0.1) is 6.20 Å². The maximum absolute atomic E-state index is 13.1. The molecule has 0 saturated heterocycles. The van der Waals surface area contributed by atoms with Crippen LogP contribution >= 0.6 is 0 Å². The number of anilines is 1. The lowest BCUT2D eigenvalue weighted by molar-refractivity contribution is -0.117. The molecule has 1 aliphatic carbocycles. The monoisotopic (exact) mass is 275 g/mol. The number of nitrogens with zero attached hydrogens (tertiary/aromatic N) is 2. The molecule has 20 heavy (non-hydrogen) atoms. The zero-order valence-electron chi connectivity index (χ0n) is 10.4. The molecule has 1 aliphatic rings. The maximum Gasteiger partial charge on any atom is 0.229 e. The second kappa shape index (κ2) is 4.96. The fraction of sp³-hybridized carbons (Fsp3) is 0.214. The number of aromatic nitrogens is 2. The van der Waals surface area contributed by atoms with Crippen molar-refractivity contribution in [1.29, 1.82) is 0 Å². The number of amides is 1. The van der Waals surface area contributed by atoms with Gasteiger partial charge in [-0.3, -0.25) is 9.78 Å². The molecule has 0 bridgehead atoms. The van der Waals surface area contributed by atoms with Gasteiger partial charge < -0.3 is 5.32 Å². The van der Waals surface area contributed by atoms with Crippen molar-refractivity contribution in [3.8, 4) is 0 Å². The molecule has 0 radical (unpaired) electrons. The third-order valence-corrected chi connectivity index (χ3v) is 3.31. The predicted molar refractivity (Wildman–Crippen MR) is 67.9 cm³/mol. The molecule has 1 heterocycles. The number of halogens is 2. The molecule has 1 amide bonds. The molecule has 0 unspecified atom stereocenters. The number of hydrogen-bond donors (Lipinski definition) is 1. The summed E-state index contributed by atoms with van der Waals surface area (Å²) in [6.07, 6.45) is 5.07. The van der Waals surface area contributed by atoms with E-state index in [0.717, 1.165) is 12.1 Å². The lowest BCUT2D eigenvalue weighted by atomic mass is 10.1. The minimum Gasteiger partial charge on any atom is -0.309 e. The van der Waals surface area contributed by atoms with Crippen molar-refractivity contribution in [2.24, 2.45) is 5.92 Å². The molecule has 6 heteroatoms. The van der Waals surface area contributed by atoms with Crippen molar-refractivity contribution < 1.29 is 13.6 Å². The highest BCUT2D eigenvalue weighted by atomic mass is 19.2. The molecule has 102 valence electrons. The highest BCUT2D eigenvalue weighted by Gasteiger charge is 2.44. The van der Waals surface area contributed by atoms with Crippen LogP contribution in [-0.4, -0.2) is 15.9 Å². The normalized spacial score (nSPS) is 20.5. The van der Waals surface area contributed by atoms with Crippen LogP contribution in [0.25, 0.3) is 0 Å². The summed E-state index contributed by atoms with van der Waals surface area (Å²) in [6.45, 7) is 0. The van der Waals surface area contributed by atoms with Crippen molar-refractivity contribution in [1.82, 2.24) is 9.97 Å². The van der Waals surface area contributed by atoms with E-state index in [4.69, 9.17) is 0 Å². The average molecular weight is 275 g/mol. The molecule has 1 fully saturated rings. The van der Waals surface area contributed by atoms with E-state index < -0.39 is 11.6 Å². The van der Waals surface area contributed by atoms with Crippen molar-refractivity contribution in [3.63, 3.8) is 0 Å². The van der Waals surface area contributed by atoms with Crippen LogP contribution in [0.15, 0.2) is 36.8 Å². The summed E-state index contributed by atoms with van der Waals surface area (Å²) in [5.74, 6) is -1.87. The molecule has 1 aromatic heterocycles. The van der Waals surface area contributed by atoms with Crippen LogP contribution in [0.4, 0.5) is 14.6 Å². The minimum atomic E-state index is -0.887. The second-order valence-corrected chi connectivity index (χ2v) is 4.70. The van der Waals surface area contributed by atoms with Gasteiger partial charge in [0.1, 0.15) is 0 Å². The number of nitrogens with one attached hydrogen (secondary N) is 1. The maximum atomic E-state index is 13.1. The highest BCUT2D eigenvalue weighted by molar-refractivity contribution is 5.94. The van der Waals surface area contributed by atoms with Gasteiger partial charge in [0.2, 0.25) is 5.91 Å². The van der Waals surface area contributed by atoms with E-state index in [-0.39, 0.29) is 17.7 Å². The van der Waals surface area contributed by atoms with Gasteiger partial charge in [-0.1, -0.05) is 6.07 Å². The molecule has 0 spiro atoms. The molecule has 1 saturated carbocycles. The Bertz CT molecular complexity index is 648. The molecular formula is C14H11F2N3O. The van der Waals surface area contributed by atoms with Gasteiger partial charge in [-0.2, -0.15) is 0 Å². The first kappa shape index (κ1) is 12.7. The summed E-state index contributed by atoms with van der Waals surface area (Å²) < 4.78 is 26.0. The molecule has 3 rings (SSSR count). The average Bonchev–Trinajstić information content (AvgIpc) is 3.23. The van der Waals surface area contributed by atoms with E-state index in [1.807, 2.05) is 0 Å². The summed E-state index contributed by atoms with van der Waals surface area (Å²) in [4.78, 5) is 19.8. The Kier molecular flexibility index (Phi) is 3.14. The molecular weight excluding hydrogens is 264 g/mol. The van der Waals surface area contributed by atoms with E-state index in [2.05, 4.69) is 15.3 Å². The first-order chi connectivity index (χ1) is 9.65. The number of rotatable bonds is 3. The Morgan fingerprint density at radius 1 is 1.25 bits per heavy atom. The minimum absolute atomic E-state index is 0.0678. The van der Waals surface area contributed by atoms with Gasteiger partial charge in [0.25, 0.3) is 0 Å². The van der Waals surface area contributed by atoms with E-state index >= 15 is 0 Å². The standard InChI is InChI=1S/C14H11F2N3O/c15-11-2-1-8(5-12(11)16)9-6-10(9)14(20)19-13-7-17-3-4-18-13/h1-5,7,9-10H,6H2,(H,18,19,20)/t9-,10+/m1/s1. The third-order valence-electron chi connectivity index (χ3n) is 3.31. The van der Waals surface area contributed by atoms with Crippen LogP contribution in [0.1, 0.15) is 17.9 Å². The predicted octanol–water partition coefficient (Wildman–Crippen LogP) is 2.50. The topological polar surface area (TPSA) is 54.9 Å². The van der Waals surface area contributed by atoms with Crippen molar-refractivity contribution in [3.05, 3.63) is 54.0 Å². The van der Waals surface area contributed by atoms with Crippen molar-refractivity contribution in [2.75, 3.05) is 5.32 Å². The van der Waals surface area contributed by atoms with Gasteiger partial charge in [0, 0.05) is 18.3 Å². The Morgan fingerprint density at radius 2 is 2.10 bits per heavy atom. The highest BCUT2D eigenvalue weighted by Crippen LogP contribution is 2.48. The molecule has 4 nitrogen and oxygen atoms in total. The first-order valence-corrected chi connectivity index (χ1v) is 6.17. The van der Waals surface area contributed by atoms with E-state index in [0.29, 0.717) is 17.8 Å². The number of carbonyl (C=O) groups is 1. The number of hydrogen-bond acceptors (Lipinski definition) is 3. The van der Waals surface area contributed by atoms with Crippen LogP contribution in [0.3, 0.4) is 0 Å². The molecule has 0 aliphatic heterocycles. The van der Waals surface area contributed by atoms with E-state index in [9.17, 15) is 13.6 Å². The summed E-state index contributed by atoms with van der Waals surface area (Å²) in [5.41, 5.74) is 0.642. The third kappa shape index (κ3) is 2.49. The van der Waals surface area contributed by atoms with Gasteiger partial charge >= 0.3 is 0 Å². The summed E-state index contributed by atoms with van der Waals surface area (Å²) >= 11 is 0. The van der Waals surface area contributed by atoms with Gasteiger partial charge in [-0.25, -0.2) is 13.8 Å². The lowest BCUT2D eigenvalue weighted by Gasteiger charge is -2.03. The summed E-state index contributed by atoms with van der Waals surface area (Å²) in [5, 5.41) is 2.65. The lowest BCUT2D eigenvalue weighted by Crippen LogP contribution is -2.15. The Labute approximate surface area is 113 Å². The Hall–Kier alpha value is -2.37. The quantitative estimate of drug-likeness (QED) is 0.936.